The van der Waals surface area contributed by atoms with Gasteiger partial charge in [0.25, 0.3) is 11.8 Å². The zero-order chi connectivity index (χ0) is 26.0. The predicted octanol–water partition coefficient (Wildman–Crippen LogP) is 4.33. The largest absolute Gasteiger partial charge is 0.491 e. The smallest absolute Gasteiger partial charge is 0.282 e. The Kier molecular flexibility index (Phi) is 8.78. The number of carbonyl (C=O) groups is 2. The molecule has 3 aromatic rings. The minimum absolute atomic E-state index is 0.0428. The van der Waals surface area contributed by atoms with Crippen molar-refractivity contribution in [3.8, 4) is 17.2 Å². The molecule has 2 amide bonds. The summed E-state index contributed by atoms with van der Waals surface area (Å²) in [6.45, 7) is 5.94. The van der Waals surface area contributed by atoms with E-state index >= 15 is 0 Å². The Bertz CT molecular complexity index is 1260. The van der Waals surface area contributed by atoms with E-state index in [2.05, 4.69) is 5.43 Å². The van der Waals surface area contributed by atoms with Crippen molar-refractivity contribution in [3.63, 3.8) is 0 Å². The number of hydrogen-bond acceptors (Lipinski definition) is 6. The number of aryl methyl sites for hydroxylation is 1. The van der Waals surface area contributed by atoms with Crippen LogP contribution in [-0.4, -0.2) is 44.8 Å². The second kappa shape index (κ2) is 12.6. The topological polar surface area (TPSA) is 86.3 Å². The SMILES string of the molecule is CCOc1cc(C=C2C(=O)NN(c3ccccc3)C2=O)ccc1OCCOCCOc1cccc(C)c1. The fourth-order valence-electron chi connectivity index (χ4n) is 3.72. The highest BCUT2D eigenvalue weighted by molar-refractivity contribution is 6.31. The molecule has 0 aromatic heterocycles. The van der Waals surface area contributed by atoms with Gasteiger partial charge in [-0.3, -0.25) is 15.0 Å². The lowest BCUT2D eigenvalue weighted by Gasteiger charge is -2.14. The molecular formula is C29H30N2O6. The summed E-state index contributed by atoms with van der Waals surface area (Å²) >= 11 is 0. The van der Waals surface area contributed by atoms with Crippen LogP contribution in [0, 0.1) is 6.92 Å². The van der Waals surface area contributed by atoms with E-state index in [-0.39, 0.29) is 5.57 Å². The second-order valence-corrected chi connectivity index (χ2v) is 8.24. The molecule has 1 heterocycles. The highest BCUT2D eigenvalue weighted by Crippen LogP contribution is 2.30. The lowest BCUT2D eigenvalue weighted by molar-refractivity contribution is -0.117. The van der Waals surface area contributed by atoms with Crippen LogP contribution >= 0.6 is 0 Å². The summed E-state index contributed by atoms with van der Waals surface area (Å²) < 4.78 is 22.8. The average Bonchev–Trinajstić information content (AvgIpc) is 3.18. The standard InChI is InChI=1S/C29H30N2O6/c1-3-35-27-20-22(19-25-28(32)30-31(29(25)33)23-9-5-4-6-10-23)12-13-26(27)37-17-15-34-14-16-36-24-11-7-8-21(2)18-24/h4-13,18-20H,3,14-17H2,1-2H3,(H,30,32). The van der Waals surface area contributed by atoms with Gasteiger partial charge in [-0.05, 0) is 67.4 Å². The fraction of sp³-hybridized carbons (Fsp3) is 0.241. The van der Waals surface area contributed by atoms with Gasteiger partial charge in [-0.15, -0.1) is 0 Å². The minimum atomic E-state index is -0.462. The molecule has 0 aliphatic carbocycles. The number of ether oxygens (including phenoxy) is 4. The zero-order valence-electron chi connectivity index (χ0n) is 20.9. The fourth-order valence-corrected chi connectivity index (χ4v) is 3.72. The average molecular weight is 503 g/mol. The highest BCUT2D eigenvalue weighted by Gasteiger charge is 2.34. The minimum Gasteiger partial charge on any atom is -0.491 e. The molecule has 3 aromatic carbocycles. The van der Waals surface area contributed by atoms with Gasteiger partial charge in [0.2, 0.25) is 0 Å². The van der Waals surface area contributed by atoms with Crippen molar-refractivity contribution in [1.82, 2.24) is 5.43 Å². The van der Waals surface area contributed by atoms with Crippen LogP contribution in [-0.2, 0) is 14.3 Å². The molecular weight excluding hydrogens is 472 g/mol. The van der Waals surface area contributed by atoms with Gasteiger partial charge in [-0.1, -0.05) is 36.4 Å². The van der Waals surface area contributed by atoms with E-state index in [4.69, 9.17) is 18.9 Å². The Morgan fingerprint density at radius 2 is 1.59 bits per heavy atom. The van der Waals surface area contributed by atoms with Crippen molar-refractivity contribution in [1.29, 1.82) is 0 Å². The third-order valence-electron chi connectivity index (χ3n) is 5.46. The summed E-state index contributed by atoms with van der Waals surface area (Å²) in [6.07, 6.45) is 1.55. The van der Waals surface area contributed by atoms with Crippen molar-refractivity contribution >= 4 is 23.6 Å². The van der Waals surface area contributed by atoms with Gasteiger partial charge in [0.15, 0.2) is 11.5 Å². The molecule has 0 saturated carbocycles. The van der Waals surface area contributed by atoms with Crippen molar-refractivity contribution < 1.29 is 28.5 Å². The molecule has 1 saturated heterocycles. The third kappa shape index (κ3) is 6.89. The van der Waals surface area contributed by atoms with Crippen LogP contribution in [0.4, 0.5) is 5.69 Å². The molecule has 8 nitrogen and oxygen atoms in total. The van der Waals surface area contributed by atoms with Gasteiger partial charge in [0, 0.05) is 0 Å². The summed E-state index contributed by atoms with van der Waals surface area (Å²) in [4.78, 5) is 25.3. The summed E-state index contributed by atoms with van der Waals surface area (Å²) in [6, 6.07) is 22.1. The maximum absolute atomic E-state index is 12.8. The summed E-state index contributed by atoms with van der Waals surface area (Å²) in [5.41, 5.74) is 5.02. The number of hydrogen-bond donors (Lipinski definition) is 1. The van der Waals surface area contributed by atoms with Gasteiger partial charge in [0.1, 0.15) is 24.5 Å². The van der Waals surface area contributed by atoms with E-state index in [1.54, 1.807) is 48.5 Å². The number of nitrogens with zero attached hydrogens (tertiary/aromatic N) is 1. The molecule has 1 N–H and O–H groups in total. The van der Waals surface area contributed by atoms with Crippen LogP contribution in [0.3, 0.4) is 0 Å². The number of amides is 2. The Morgan fingerprint density at radius 3 is 2.35 bits per heavy atom. The van der Waals surface area contributed by atoms with Crippen LogP contribution in [0.2, 0.25) is 0 Å². The van der Waals surface area contributed by atoms with Crippen LogP contribution in [0.5, 0.6) is 17.2 Å². The molecule has 1 fully saturated rings. The zero-order valence-corrected chi connectivity index (χ0v) is 20.9. The number of benzene rings is 3. The summed E-state index contributed by atoms with van der Waals surface area (Å²) in [5, 5.41) is 1.24. The predicted molar refractivity (Wildman–Crippen MR) is 141 cm³/mol. The summed E-state index contributed by atoms with van der Waals surface area (Å²) in [7, 11) is 0. The van der Waals surface area contributed by atoms with Crippen LogP contribution in [0.25, 0.3) is 6.08 Å². The van der Waals surface area contributed by atoms with Crippen molar-refractivity contribution in [2.45, 2.75) is 13.8 Å². The monoisotopic (exact) mass is 502 g/mol. The van der Waals surface area contributed by atoms with Gasteiger partial charge < -0.3 is 18.9 Å². The normalized spacial score (nSPS) is 14.1. The first-order valence-corrected chi connectivity index (χ1v) is 12.1. The van der Waals surface area contributed by atoms with Crippen LogP contribution in [0.1, 0.15) is 18.1 Å². The quantitative estimate of drug-likeness (QED) is 0.225. The number of hydrazine groups is 1. The van der Waals surface area contributed by atoms with E-state index in [1.165, 1.54) is 5.01 Å². The number of nitrogens with one attached hydrogen (secondary N) is 1. The molecule has 0 bridgehead atoms. The van der Waals surface area contributed by atoms with Crippen LogP contribution < -0.4 is 24.6 Å². The molecule has 37 heavy (non-hydrogen) atoms. The van der Waals surface area contributed by atoms with Gasteiger partial charge in [0.05, 0.1) is 25.5 Å². The molecule has 0 unspecified atom stereocenters. The highest BCUT2D eigenvalue weighted by atomic mass is 16.6. The van der Waals surface area contributed by atoms with Gasteiger partial charge >= 0.3 is 0 Å². The van der Waals surface area contributed by atoms with Crippen LogP contribution in [0.15, 0.2) is 78.4 Å². The maximum Gasteiger partial charge on any atom is 0.282 e. The first kappa shape index (κ1) is 25.8. The van der Waals surface area contributed by atoms with Crippen molar-refractivity contribution in [2.24, 2.45) is 0 Å². The second-order valence-electron chi connectivity index (χ2n) is 8.24. The molecule has 1 aliphatic rings. The lowest BCUT2D eigenvalue weighted by atomic mass is 10.1. The number of anilines is 1. The van der Waals surface area contributed by atoms with E-state index < -0.39 is 11.8 Å². The molecule has 4 rings (SSSR count). The Hall–Kier alpha value is -4.30. The molecule has 0 radical (unpaired) electrons. The Balaban J connectivity index is 1.31. The first-order chi connectivity index (χ1) is 18.0. The molecule has 192 valence electrons. The number of para-hydroxylation sites is 1. The third-order valence-corrected chi connectivity index (χ3v) is 5.46. The van der Waals surface area contributed by atoms with Crippen molar-refractivity contribution in [2.75, 3.05) is 38.0 Å². The number of rotatable bonds is 12. The molecule has 8 heteroatoms. The Labute approximate surface area is 216 Å². The van der Waals surface area contributed by atoms with E-state index in [0.717, 1.165) is 11.3 Å². The molecule has 0 atom stereocenters. The van der Waals surface area contributed by atoms with Gasteiger partial charge in [-0.25, -0.2) is 5.01 Å². The maximum atomic E-state index is 12.8. The van der Waals surface area contributed by atoms with E-state index in [1.807, 2.05) is 44.2 Å². The van der Waals surface area contributed by atoms with E-state index in [0.29, 0.717) is 55.8 Å². The summed E-state index contributed by atoms with van der Waals surface area (Å²) in [5.74, 6) is 1.01. The molecule has 1 aliphatic heterocycles. The first-order valence-electron chi connectivity index (χ1n) is 12.1. The lowest BCUT2D eigenvalue weighted by Crippen LogP contribution is -2.35. The molecule has 0 spiro atoms. The van der Waals surface area contributed by atoms with Gasteiger partial charge in [-0.2, -0.15) is 0 Å². The van der Waals surface area contributed by atoms with Crippen molar-refractivity contribution in [3.05, 3.63) is 89.5 Å². The number of carbonyl (C=O) groups excluding carboxylic acids is 2. The van der Waals surface area contributed by atoms with E-state index in [9.17, 15) is 9.59 Å². The Morgan fingerprint density at radius 1 is 0.811 bits per heavy atom.